The average molecular weight is 185 g/mol. The Morgan fingerprint density at radius 2 is 1.77 bits per heavy atom. The van der Waals surface area contributed by atoms with Gasteiger partial charge in [-0.2, -0.15) is 0 Å². The predicted molar refractivity (Wildman–Crippen MR) is 61.0 cm³/mol. The van der Waals surface area contributed by atoms with Gasteiger partial charge < -0.3 is 4.90 Å². The molecule has 80 valence electrons. The molecule has 0 amide bonds. The maximum atomic E-state index is 2.39. The first-order chi connectivity index (χ1) is 5.90. The molecule has 0 aliphatic rings. The van der Waals surface area contributed by atoms with Gasteiger partial charge in [-0.3, -0.25) is 0 Å². The number of hydrogen-bond acceptors (Lipinski definition) is 1. The molecule has 0 radical (unpaired) electrons. The lowest BCUT2D eigenvalue weighted by Gasteiger charge is -2.34. The van der Waals surface area contributed by atoms with E-state index >= 15 is 0 Å². The average Bonchev–Trinajstić information content (AvgIpc) is 1.97. The minimum absolute atomic E-state index is 0.457. The molecular weight excluding hydrogens is 158 g/mol. The van der Waals surface area contributed by atoms with Crippen molar-refractivity contribution in [3.63, 3.8) is 0 Å². The first-order valence-electron chi connectivity index (χ1n) is 5.55. The Labute approximate surface area is 84.5 Å². The van der Waals surface area contributed by atoms with Gasteiger partial charge in [-0.1, -0.05) is 47.0 Å². The van der Waals surface area contributed by atoms with Gasteiger partial charge in [-0.05, 0) is 25.4 Å². The fraction of sp³-hybridized carbons (Fsp3) is 1.00. The van der Waals surface area contributed by atoms with Gasteiger partial charge in [0.2, 0.25) is 0 Å². The second-order valence-corrected chi connectivity index (χ2v) is 5.27. The molecule has 0 bridgehead atoms. The van der Waals surface area contributed by atoms with E-state index in [1.165, 1.54) is 25.8 Å². The van der Waals surface area contributed by atoms with Crippen molar-refractivity contribution >= 4 is 0 Å². The highest BCUT2D eigenvalue weighted by Gasteiger charge is 2.25. The lowest BCUT2D eigenvalue weighted by Crippen LogP contribution is -2.33. The Kier molecular flexibility index (Phi) is 5.62. The number of nitrogens with zero attached hydrogens (tertiary/aromatic N) is 1. The van der Waals surface area contributed by atoms with Crippen LogP contribution in [0.1, 0.15) is 47.0 Å². The molecule has 1 unspecified atom stereocenters. The molecule has 0 aromatic carbocycles. The van der Waals surface area contributed by atoms with Gasteiger partial charge in [0.1, 0.15) is 0 Å². The highest BCUT2D eigenvalue weighted by molar-refractivity contribution is 4.77. The van der Waals surface area contributed by atoms with Gasteiger partial charge in [0, 0.05) is 6.54 Å². The van der Waals surface area contributed by atoms with Gasteiger partial charge in [-0.15, -0.1) is 0 Å². The molecule has 0 aromatic heterocycles. The van der Waals surface area contributed by atoms with E-state index in [-0.39, 0.29) is 0 Å². The summed E-state index contributed by atoms with van der Waals surface area (Å²) in [5, 5.41) is 0. The van der Waals surface area contributed by atoms with E-state index in [9.17, 15) is 0 Å². The molecule has 0 rings (SSSR count). The lowest BCUT2D eigenvalue weighted by molar-refractivity contribution is 0.154. The minimum atomic E-state index is 0.457. The fourth-order valence-corrected chi connectivity index (χ4v) is 1.87. The predicted octanol–water partition coefficient (Wildman–Crippen LogP) is 3.40. The van der Waals surface area contributed by atoms with E-state index in [2.05, 4.69) is 46.7 Å². The molecule has 0 heterocycles. The summed E-state index contributed by atoms with van der Waals surface area (Å²) >= 11 is 0. The van der Waals surface area contributed by atoms with E-state index in [1.807, 2.05) is 0 Å². The zero-order valence-electron chi connectivity index (χ0n) is 10.4. The quantitative estimate of drug-likeness (QED) is 0.613. The first-order valence-corrected chi connectivity index (χ1v) is 5.55. The maximum Gasteiger partial charge on any atom is 0.00291 e. The third-order valence-corrected chi connectivity index (χ3v) is 3.05. The largest absolute Gasteiger partial charge is 0.309 e. The molecule has 13 heavy (non-hydrogen) atoms. The lowest BCUT2D eigenvalue weighted by atomic mass is 9.77. The van der Waals surface area contributed by atoms with Crippen LogP contribution in [0.2, 0.25) is 0 Å². The van der Waals surface area contributed by atoms with Crippen molar-refractivity contribution in [2.24, 2.45) is 11.3 Å². The highest BCUT2D eigenvalue weighted by atomic mass is 15.1. The molecule has 0 saturated heterocycles. The van der Waals surface area contributed by atoms with Gasteiger partial charge >= 0.3 is 0 Å². The van der Waals surface area contributed by atoms with Crippen LogP contribution in [0.25, 0.3) is 0 Å². The van der Waals surface area contributed by atoms with Crippen molar-refractivity contribution in [1.29, 1.82) is 0 Å². The Bertz CT molecular complexity index is 127. The van der Waals surface area contributed by atoms with Crippen LogP contribution in [-0.4, -0.2) is 25.5 Å². The third kappa shape index (κ3) is 5.30. The molecule has 1 heteroatoms. The monoisotopic (exact) mass is 185 g/mol. The summed E-state index contributed by atoms with van der Waals surface area (Å²) in [6.07, 6.45) is 4.07. The van der Waals surface area contributed by atoms with Gasteiger partial charge in [0.05, 0.1) is 0 Å². The van der Waals surface area contributed by atoms with Crippen molar-refractivity contribution in [1.82, 2.24) is 4.90 Å². The fourth-order valence-electron chi connectivity index (χ4n) is 1.87. The van der Waals surface area contributed by atoms with Crippen LogP contribution in [0.3, 0.4) is 0 Å². The Morgan fingerprint density at radius 3 is 2.15 bits per heavy atom. The van der Waals surface area contributed by atoms with Crippen LogP contribution < -0.4 is 0 Å². The second kappa shape index (κ2) is 5.64. The van der Waals surface area contributed by atoms with E-state index in [0.29, 0.717) is 5.41 Å². The van der Waals surface area contributed by atoms with Crippen LogP contribution in [-0.2, 0) is 0 Å². The Morgan fingerprint density at radius 1 is 1.23 bits per heavy atom. The normalized spacial score (nSPS) is 15.0. The van der Waals surface area contributed by atoms with Gasteiger partial charge in [-0.25, -0.2) is 0 Å². The van der Waals surface area contributed by atoms with Crippen molar-refractivity contribution < 1.29 is 0 Å². The second-order valence-electron chi connectivity index (χ2n) is 5.27. The summed E-state index contributed by atoms with van der Waals surface area (Å²) in [7, 11) is 4.32. The zero-order chi connectivity index (χ0) is 10.5. The number of hydrogen-bond donors (Lipinski definition) is 0. The highest BCUT2D eigenvalue weighted by Crippen LogP contribution is 2.30. The smallest absolute Gasteiger partial charge is 0.00291 e. The number of unbranched alkanes of at least 4 members (excludes halogenated alkanes) is 1. The molecule has 0 fully saturated rings. The van der Waals surface area contributed by atoms with Crippen molar-refractivity contribution in [3.8, 4) is 0 Å². The van der Waals surface area contributed by atoms with E-state index < -0.39 is 0 Å². The van der Waals surface area contributed by atoms with Gasteiger partial charge in [0.15, 0.2) is 0 Å². The van der Waals surface area contributed by atoms with Crippen molar-refractivity contribution in [2.45, 2.75) is 47.0 Å². The number of rotatable bonds is 6. The van der Waals surface area contributed by atoms with Crippen molar-refractivity contribution in [2.75, 3.05) is 20.6 Å². The molecule has 0 spiro atoms. The van der Waals surface area contributed by atoms with Crippen LogP contribution in [0.15, 0.2) is 0 Å². The summed E-state index contributed by atoms with van der Waals surface area (Å²) in [6.45, 7) is 10.6. The van der Waals surface area contributed by atoms with Gasteiger partial charge in [0.25, 0.3) is 0 Å². The van der Waals surface area contributed by atoms with E-state index in [1.54, 1.807) is 0 Å². The molecule has 0 aromatic rings. The topological polar surface area (TPSA) is 3.24 Å². The summed E-state index contributed by atoms with van der Waals surface area (Å²) in [6, 6.07) is 0. The molecule has 0 N–H and O–H groups in total. The molecule has 1 nitrogen and oxygen atoms in total. The Hall–Kier alpha value is -0.0400. The molecule has 0 aliphatic carbocycles. The molecule has 1 atom stereocenters. The standard InChI is InChI=1S/C12H27N/c1-7-8-9-11(2)12(3,4)10-13(5)6/h11H,7-10H2,1-6H3. The molecule has 0 saturated carbocycles. The van der Waals surface area contributed by atoms with E-state index in [4.69, 9.17) is 0 Å². The Balaban J connectivity index is 3.94. The van der Waals surface area contributed by atoms with E-state index in [0.717, 1.165) is 5.92 Å². The summed E-state index contributed by atoms with van der Waals surface area (Å²) in [4.78, 5) is 2.29. The zero-order valence-corrected chi connectivity index (χ0v) is 10.4. The van der Waals surface area contributed by atoms with Crippen LogP contribution >= 0.6 is 0 Å². The molecule has 0 aliphatic heterocycles. The maximum absolute atomic E-state index is 2.39. The summed E-state index contributed by atoms with van der Waals surface area (Å²) in [5.74, 6) is 0.829. The first kappa shape index (κ1) is 13.0. The molecular formula is C12H27N. The SMILES string of the molecule is CCCCC(C)C(C)(C)CN(C)C. The van der Waals surface area contributed by atoms with Crippen molar-refractivity contribution in [3.05, 3.63) is 0 Å². The third-order valence-electron chi connectivity index (χ3n) is 3.05. The van der Waals surface area contributed by atoms with Crippen LogP contribution in [0, 0.1) is 11.3 Å². The summed E-state index contributed by atoms with van der Waals surface area (Å²) < 4.78 is 0. The summed E-state index contributed by atoms with van der Waals surface area (Å²) in [5.41, 5.74) is 0.457. The van der Waals surface area contributed by atoms with Crippen LogP contribution in [0.4, 0.5) is 0 Å². The van der Waals surface area contributed by atoms with Crippen LogP contribution in [0.5, 0.6) is 0 Å². The minimum Gasteiger partial charge on any atom is -0.309 e.